The molecule has 0 radical (unpaired) electrons. The number of nitrogens with two attached hydrogens (primary N) is 1. The van der Waals surface area contributed by atoms with E-state index in [-0.39, 0.29) is 17.8 Å². The summed E-state index contributed by atoms with van der Waals surface area (Å²) in [6.07, 6.45) is 0. The Kier molecular flexibility index (Phi) is 3.21. The van der Waals surface area contributed by atoms with Crippen LogP contribution in [0.5, 0.6) is 5.75 Å². The normalized spacial score (nSPS) is 13.5. The van der Waals surface area contributed by atoms with Crippen molar-refractivity contribution >= 4 is 17.3 Å². The molecule has 0 aromatic heterocycles. The van der Waals surface area contributed by atoms with E-state index in [2.05, 4.69) is 0 Å². The SMILES string of the molecule is Nc1cc(C(=O)N2CCOc3ccccc32)c(F)cc1F. The number of benzene rings is 2. The van der Waals surface area contributed by atoms with Gasteiger partial charge < -0.3 is 15.4 Å². The molecule has 21 heavy (non-hydrogen) atoms. The first-order valence-corrected chi connectivity index (χ1v) is 6.36. The number of hydrogen-bond donors (Lipinski definition) is 1. The zero-order valence-electron chi connectivity index (χ0n) is 11.0. The van der Waals surface area contributed by atoms with Crippen LogP contribution < -0.4 is 15.4 Å². The Hall–Kier alpha value is -2.63. The molecule has 0 spiro atoms. The van der Waals surface area contributed by atoms with Gasteiger partial charge in [0.15, 0.2) is 0 Å². The second-order valence-corrected chi connectivity index (χ2v) is 4.63. The molecule has 0 bridgehead atoms. The largest absolute Gasteiger partial charge is 0.490 e. The van der Waals surface area contributed by atoms with E-state index in [1.165, 1.54) is 4.90 Å². The molecule has 3 rings (SSSR count). The third kappa shape index (κ3) is 2.29. The van der Waals surface area contributed by atoms with E-state index in [1.54, 1.807) is 24.3 Å². The van der Waals surface area contributed by atoms with Crippen LogP contribution in [0.4, 0.5) is 20.2 Å². The quantitative estimate of drug-likeness (QED) is 0.821. The van der Waals surface area contributed by atoms with Gasteiger partial charge in [-0.3, -0.25) is 4.79 Å². The Morgan fingerprint density at radius 2 is 1.95 bits per heavy atom. The van der Waals surface area contributed by atoms with Crippen LogP contribution in [0.3, 0.4) is 0 Å². The molecule has 0 atom stereocenters. The number of anilines is 2. The van der Waals surface area contributed by atoms with Crippen molar-refractivity contribution in [3.63, 3.8) is 0 Å². The summed E-state index contributed by atoms with van der Waals surface area (Å²) in [7, 11) is 0. The van der Waals surface area contributed by atoms with Crippen LogP contribution >= 0.6 is 0 Å². The summed E-state index contributed by atoms with van der Waals surface area (Å²) < 4.78 is 32.5. The van der Waals surface area contributed by atoms with Crippen LogP contribution in [0.2, 0.25) is 0 Å². The van der Waals surface area contributed by atoms with Gasteiger partial charge in [-0.15, -0.1) is 0 Å². The van der Waals surface area contributed by atoms with Crippen LogP contribution in [0.1, 0.15) is 10.4 Å². The summed E-state index contributed by atoms with van der Waals surface area (Å²) in [6.45, 7) is 0.591. The molecule has 1 aliphatic rings. The van der Waals surface area contributed by atoms with Crippen molar-refractivity contribution in [2.24, 2.45) is 0 Å². The van der Waals surface area contributed by atoms with E-state index < -0.39 is 17.5 Å². The molecule has 2 N–H and O–H groups in total. The Bertz CT molecular complexity index is 719. The molecule has 0 saturated carbocycles. The first-order chi connectivity index (χ1) is 10.1. The smallest absolute Gasteiger partial charge is 0.261 e. The van der Waals surface area contributed by atoms with E-state index in [4.69, 9.17) is 10.5 Å². The minimum Gasteiger partial charge on any atom is -0.490 e. The zero-order chi connectivity index (χ0) is 15.0. The third-order valence-corrected chi connectivity index (χ3v) is 3.29. The summed E-state index contributed by atoms with van der Waals surface area (Å²) >= 11 is 0. The van der Waals surface area contributed by atoms with Crippen LogP contribution in [0, 0.1) is 11.6 Å². The number of ether oxygens (including phenoxy) is 1. The number of para-hydroxylation sites is 2. The number of carbonyl (C=O) groups is 1. The van der Waals surface area contributed by atoms with Gasteiger partial charge in [0, 0.05) is 6.07 Å². The van der Waals surface area contributed by atoms with Gasteiger partial charge in [0.1, 0.15) is 24.0 Å². The molecular formula is C15H12F2N2O2. The average Bonchev–Trinajstić information content (AvgIpc) is 2.49. The first kappa shape index (κ1) is 13.4. The van der Waals surface area contributed by atoms with Crippen molar-refractivity contribution in [1.82, 2.24) is 0 Å². The molecule has 2 aromatic carbocycles. The van der Waals surface area contributed by atoms with Crippen molar-refractivity contribution in [1.29, 1.82) is 0 Å². The number of carbonyl (C=O) groups excluding carboxylic acids is 1. The highest BCUT2D eigenvalue weighted by molar-refractivity contribution is 6.07. The van der Waals surface area contributed by atoms with Crippen LogP contribution in [-0.4, -0.2) is 19.1 Å². The Morgan fingerprint density at radius 1 is 1.19 bits per heavy atom. The fraction of sp³-hybridized carbons (Fsp3) is 0.133. The lowest BCUT2D eigenvalue weighted by Gasteiger charge is -2.29. The van der Waals surface area contributed by atoms with Gasteiger partial charge in [0.2, 0.25) is 0 Å². The van der Waals surface area contributed by atoms with E-state index in [1.807, 2.05) is 0 Å². The lowest BCUT2D eigenvalue weighted by Crippen LogP contribution is -2.38. The lowest BCUT2D eigenvalue weighted by atomic mass is 10.1. The Labute approximate surface area is 119 Å². The number of fused-ring (bicyclic) bond motifs is 1. The van der Waals surface area contributed by atoms with Gasteiger partial charge >= 0.3 is 0 Å². The predicted molar refractivity (Wildman–Crippen MR) is 74.4 cm³/mol. The van der Waals surface area contributed by atoms with Crippen LogP contribution in [0.25, 0.3) is 0 Å². The molecule has 0 saturated heterocycles. The van der Waals surface area contributed by atoms with Crippen LogP contribution in [0.15, 0.2) is 36.4 Å². The first-order valence-electron chi connectivity index (χ1n) is 6.36. The van der Waals surface area contributed by atoms with E-state index >= 15 is 0 Å². The van der Waals surface area contributed by atoms with Gasteiger partial charge in [-0.25, -0.2) is 8.78 Å². The maximum atomic E-state index is 13.8. The second kappa shape index (κ2) is 5.05. The second-order valence-electron chi connectivity index (χ2n) is 4.63. The van der Waals surface area contributed by atoms with Gasteiger partial charge in [-0.1, -0.05) is 12.1 Å². The Balaban J connectivity index is 2.03. The molecule has 1 aliphatic heterocycles. The Morgan fingerprint density at radius 3 is 2.76 bits per heavy atom. The number of amides is 1. The van der Waals surface area contributed by atoms with Gasteiger partial charge in [-0.2, -0.15) is 0 Å². The van der Waals surface area contributed by atoms with E-state index in [0.29, 0.717) is 24.1 Å². The predicted octanol–water partition coefficient (Wildman–Crippen LogP) is 2.59. The molecule has 2 aromatic rings. The fourth-order valence-corrected chi connectivity index (χ4v) is 2.26. The minimum atomic E-state index is -0.935. The maximum absolute atomic E-state index is 13.8. The van der Waals surface area contributed by atoms with Gasteiger partial charge in [-0.05, 0) is 18.2 Å². The van der Waals surface area contributed by atoms with Crippen molar-refractivity contribution in [3.8, 4) is 5.75 Å². The van der Waals surface area contributed by atoms with Crippen molar-refractivity contribution in [3.05, 3.63) is 53.6 Å². The standard InChI is InChI=1S/C15H12F2N2O2/c16-10-8-11(17)12(18)7-9(10)15(20)19-5-6-21-14-4-2-1-3-13(14)19/h1-4,7-8H,5-6,18H2. The molecule has 108 valence electrons. The molecule has 1 heterocycles. The minimum absolute atomic E-state index is 0.259. The molecule has 0 aliphatic carbocycles. The highest BCUT2D eigenvalue weighted by atomic mass is 19.1. The van der Waals surface area contributed by atoms with Crippen molar-refractivity contribution < 1.29 is 18.3 Å². The molecule has 0 unspecified atom stereocenters. The number of nitrogen functional groups attached to an aromatic ring is 1. The molecule has 4 nitrogen and oxygen atoms in total. The molecule has 1 amide bonds. The lowest BCUT2D eigenvalue weighted by molar-refractivity contribution is 0.0972. The number of halogens is 2. The van der Waals surface area contributed by atoms with E-state index in [9.17, 15) is 13.6 Å². The third-order valence-electron chi connectivity index (χ3n) is 3.29. The molecule has 0 fully saturated rings. The number of nitrogens with zero attached hydrogens (tertiary/aromatic N) is 1. The van der Waals surface area contributed by atoms with Gasteiger partial charge in [0.25, 0.3) is 5.91 Å². The van der Waals surface area contributed by atoms with Crippen LogP contribution in [-0.2, 0) is 0 Å². The highest BCUT2D eigenvalue weighted by Gasteiger charge is 2.26. The summed E-state index contributed by atoms with van der Waals surface area (Å²) in [6, 6.07) is 8.60. The van der Waals surface area contributed by atoms with E-state index in [0.717, 1.165) is 6.07 Å². The average molecular weight is 290 g/mol. The topological polar surface area (TPSA) is 55.6 Å². The molecular weight excluding hydrogens is 278 g/mol. The monoisotopic (exact) mass is 290 g/mol. The van der Waals surface area contributed by atoms with Crippen molar-refractivity contribution in [2.45, 2.75) is 0 Å². The summed E-state index contributed by atoms with van der Waals surface area (Å²) in [4.78, 5) is 13.9. The fourth-order valence-electron chi connectivity index (χ4n) is 2.26. The zero-order valence-corrected chi connectivity index (χ0v) is 11.0. The van der Waals surface area contributed by atoms with Crippen molar-refractivity contribution in [2.75, 3.05) is 23.8 Å². The maximum Gasteiger partial charge on any atom is 0.261 e. The molecule has 6 heteroatoms. The summed E-state index contributed by atoms with van der Waals surface area (Å²) in [5, 5.41) is 0. The summed E-state index contributed by atoms with van der Waals surface area (Å²) in [5.74, 6) is -1.84. The number of rotatable bonds is 1. The number of hydrogen-bond acceptors (Lipinski definition) is 3. The highest BCUT2D eigenvalue weighted by Crippen LogP contribution is 2.32. The van der Waals surface area contributed by atoms with Gasteiger partial charge in [0.05, 0.1) is 23.5 Å². The summed E-state index contributed by atoms with van der Waals surface area (Å²) in [5.41, 5.74) is 5.44.